The number of hydrogen-bond donors (Lipinski definition) is 3. The first-order chi connectivity index (χ1) is 16.9. The number of nitrogens with one attached hydrogen (secondary N) is 3. The molecule has 1 heterocycles. The Labute approximate surface area is 225 Å². The molecule has 0 aromatic heterocycles. The molecule has 1 aliphatic rings. The predicted octanol–water partition coefficient (Wildman–Crippen LogP) is 2.47. The number of methoxy groups -OCH3 is 1. The molecule has 0 spiro atoms. The summed E-state index contributed by atoms with van der Waals surface area (Å²) in [4.78, 5) is 51.8. The van der Waals surface area contributed by atoms with Crippen LogP contribution in [0, 0.1) is 5.92 Å². The van der Waals surface area contributed by atoms with Gasteiger partial charge in [-0.05, 0) is 43.7 Å². The van der Waals surface area contributed by atoms with Gasteiger partial charge in [0.25, 0.3) is 5.91 Å². The SMILES string of the molecule is COC[C@H](NC(=O)c1cc(Cl)ccc1Cl)C(=O)N[C@@H](CSC)C(=O)N[C@@H](CC(C)C)C(=O)[C@@]1(C)CO1. The number of carbonyl (C=O) groups excluding carboxylic acids is 4. The number of amides is 3. The van der Waals surface area contributed by atoms with E-state index in [-0.39, 0.29) is 34.6 Å². The maximum Gasteiger partial charge on any atom is 0.253 e. The fourth-order valence-electron chi connectivity index (χ4n) is 3.47. The molecule has 3 N–H and O–H groups in total. The Bertz CT molecular complexity index is 973. The molecular formula is C24H33Cl2N3O6S. The van der Waals surface area contributed by atoms with Crippen LogP contribution in [0.25, 0.3) is 0 Å². The first-order valence-electron chi connectivity index (χ1n) is 11.4. The highest BCUT2D eigenvalue weighted by Gasteiger charge is 2.50. The number of Topliss-reactive ketones (excluding diaryl/α,β-unsaturated/α-hetero) is 1. The second-order valence-corrected chi connectivity index (χ2v) is 11.0. The third-order valence-electron chi connectivity index (χ3n) is 5.53. The van der Waals surface area contributed by atoms with Crippen LogP contribution < -0.4 is 16.0 Å². The van der Waals surface area contributed by atoms with Crippen LogP contribution in [0.1, 0.15) is 37.6 Å². The lowest BCUT2D eigenvalue weighted by molar-refractivity contribution is -0.133. The van der Waals surface area contributed by atoms with E-state index in [1.165, 1.54) is 31.0 Å². The molecule has 0 radical (unpaired) electrons. The lowest BCUT2D eigenvalue weighted by Crippen LogP contribution is -2.58. The van der Waals surface area contributed by atoms with Crippen molar-refractivity contribution in [2.75, 3.05) is 32.3 Å². The van der Waals surface area contributed by atoms with Gasteiger partial charge in [0.1, 0.15) is 17.7 Å². The molecule has 1 aromatic rings. The maximum absolute atomic E-state index is 13.1. The number of thioether (sulfide) groups is 1. The fourth-order valence-corrected chi connectivity index (χ4v) is 4.42. The summed E-state index contributed by atoms with van der Waals surface area (Å²) in [6, 6.07) is 1.60. The number of ketones is 1. The van der Waals surface area contributed by atoms with Crippen LogP contribution in [0.3, 0.4) is 0 Å². The summed E-state index contributed by atoms with van der Waals surface area (Å²) in [6.07, 6.45) is 2.23. The van der Waals surface area contributed by atoms with Crippen LogP contribution in [-0.4, -0.2) is 79.6 Å². The van der Waals surface area contributed by atoms with E-state index in [2.05, 4.69) is 16.0 Å². The Kier molecular flexibility index (Phi) is 11.5. The largest absolute Gasteiger partial charge is 0.382 e. The average molecular weight is 563 g/mol. The van der Waals surface area contributed by atoms with Crippen molar-refractivity contribution in [1.29, 1.82) is 0 Å². The molecule has 12 heteroatoms. The topological polar surface area (TPSA) is 126 Å². The number of benzene rings is 1. The quantitative estimate of drug-likeness (QED) is 0.298. The predicted molar refractivity (Wildman–Crippen MR) is 141 cm³/mol. The van der Waals surface area contributed by atoms with Gasteiger partial charge in [0.15, 0.2) is 5.78 Å². The molecule has 3 amide bonds. The van der Waals surface area contributed by atoms with E-state index in [1.54, 1.807) is 19.2 Å². The zero-order valence-corrected chi connectivity index (χ0v) is 23.3. The Balaban J connectivity index is 2.13. The third-order valence-corrected chi connectivity index (χ3v) is 6.76. The van der Waals surface area contributed by atoms with Crippen LogP contribution in [-0.2, 0) is 23.9 Å². The molecule has 0 unspecified atom stereocenters. The molecule has 1 aromatic carbocycles. The van der Waals surface area contributed by atoms with Crippen molar-refractivity contribution in [3.8, 4) is 0 Å². The summed E-state index contributed by atoms with van der Waals surface area (Å²) < 4.78 is 10.4. The molecule has 2 rings (SSSR count). The molecule has 9 nitrogen and oxygen atoms in total. The molecule has 1 saturated heterocycles. The lowest BCUT2D eigenvalue weighted by atomic mass is 9.93. The number of hydrogen-bond acceptors (Lipinski definition) is 7. The Morgan fingerprint density at radius 2 is 1.69 bits per heavy atom. The highest BCUT2D eigenvalue weighted by Crippen LogP contribution is 2.29. The molecule has 0 aliphatic carbocycles. The minimum atomic E-state index is -1.11. The van der Waals surface area contributed by atoms with Gasteiger partial charge < -0.3 is 25.4 Å². The van der Waals surface area contributed by atoms with E-state index >= 15 is 0 Å². The number of halogens is 2. The highest BCUT2D eigenvalue weighted by atomic mass is 35.5. The number of ether oxygens (including phenoxy) is 2. The molecule has 0 bridgehead atoms. The van der Waals surface area contributed by atoms with Crippen LogP contribution in [0.4, 0.5) is 0 Å². The molecule has 0 saturated carbocycles. The number of rotatable bonds is 14. The van der Waals surface area contributed by atoms with Crippen molar-refractivity contribution in [1.82, 2.24) is 16.0 Å². The van der Waals surface area contributed by atoms with Gasteiger partial charge >= 0.3 is 0 Å². The number of epoxide rings is 1. The van der Waals surface area contributed by atoms with Gasteiger partial charge in [0, 0.05) is 17.9 Å². The van der Waals surface area contributed by atoms with Crippen molar-refractivity contribution in [3.05, 3.63) is 33.8 Å². The van der Waals surface area contributed by atoms with Gasteiger partial charge in [-0.1, -0.05) is 37.0 Å². The van der Waals surface area contributed by atoms with Crippen molar-refractivity contribution >= 4 is 58.5 Å². The molecule has 1 fully saturated rings. The van der Waals surface area contributed by atoms with E-state index < -0.39 is 41.4 Å². The molecule has 200 valence electrons. The molecule has 1 aliphatic heterocycles. The van der Waals surface area contributed by atoms with Crippen molar-refractivity contribution in [2.45, 2.75) is 50.9 Å². The Morgan fingerprint density at radius 3 is 2.25 bits per heavy atom. The number of carbonyl (C=O) groups is 4. The van der Waals surface area contributed by atoms with Gasteiger partial charge in [-0.2, -0.15) is 11.8 Å². The van der Waals surface area contributed by atoms with Gasteiger partial charge in [-0.3, -0.25) is 19.2 Å². The van der Waals surface area contributed by atoms with Gasteiger partial charge in [-0.15, -0.1) is 0 Å². The summed E-state index contributed by atoms with van der Waals surface area (Å²) in [5.74, 6) is -1.53. The first kappa shape index (κ1) is 30.4. The smallest absolute Gasteiger partial charge is 0.253 e. The summed E-state index contributed by atoms with van der Waals surface area (Å²) in [6.45, 7) is 5.77. The lowest BCUT2D eigenvalue weighted by Gasteiger charge is -2.26. The summed E-state index contributed by atoms with van der Waals surface area (Å²) in [5, 5.41) is 8.51. The van der Waals surface area contributed by atoms with Crippen LogP contribution in [0.2, 0.25) is 10.0 Å². The normalized spacial score (nSPS) is 19.2. The fraction of sp³-hybridized carbons (Fsp3) is 0.583. The van der Waals surface area contributed by atoms with Crippen LogP contribution in [0.15, 0.2) is 18.2 Å². The Morgan fingerprint density at radius 1 is 1.08 bits per heavy atom. The summed E-state index contributed by atoms with van der Waals surface area (Å²) in [7, 11) is 1.38. The maximum atomic E-state index is 13.1. The van der Waals surface area contributed by atoms with Gasteiger partial charge in [0.05, 0.1) is 29.8 Å². The summed E-state index contributed by atoms with van der Waals surface area (Å²) in [5.41, 5.74) is -0.789. The standard InChI is InChI=1S/C24H33Cl2N3O6S/c1-13(2)8-17(20(30)24(3)12-35-24)27-23(33)19(11-36-5)29-22(32)18(10-34-4)28-21(31)15-9-14(25)6-7-16(15)26/h6-7,9,13,17-19H,8,10-12H2,1-5H3,(H,27,33)(H,28,31)(H,29,32)/t17-,18-,19-,24+/m0/s1. The van der Waals surface area contributed by atoms with Gasteiger partial charge in [-0.25, -0.2) is 0 Å². The monoisotopic (exact) mass is 561 g/mol. The second-order valence-electron chi connectivity index (χ2n) is 9.20. The zero-order chi connectivity index (χ0) is 27.0. The van der Waals surface area contributed by atoms with E-state index in [4.69, 9.17) is 32.7 Å². The van der Waals surface area contributed by atoms with Gasteiger partial charge in [0.2, 0.25) is 11.8 Å². The minimum Gasteiger partial charge on any atom is -0.382 e. The second kappa shape index (κ2) is 13.6. The average Bonchev–Trinajstić information content (AvgIpc) is 3.57. The highest BCUT2D eigenvalue weighted by molar-refractivity contribution is 7.98. The van der Waals surface area contributed by atoms with E-state index in [9.17, 15) is 19.2 Å². The van der Waals surface area contributed by atoms with Crippen molar-refractivity contribution < 1.29 is 28.7 Å². The third kappa shape index (κ3) is 8.62. The zero-order valence-electron chi connectivity index (χ0n) is 21.0. The minimum absolute atomic E-state index is 0.0994. The van der Waals surface area contributed by atoms with Crippen LogP contribution >= 0.6 is 35.0 Å². The molecule has 4 atom stereocenters. The Hall–Kier alpha value is -1.85. The summed E-state index contributed by atoms with van der Waals surface area (Å²) >= 11 is 13.4. The molecular weight excluding hydrogens is 529 g/mol. The van der Waals surface area contributed by atoms with Crippen LogP contribution in [0.5, 0.6) is 0 Å². The van der Waals surface area contributed by atoms with Crippen molar-refractivity contribution in [2.24, 2.45) is 5.92 Å². The van der Waals surface area contributed by atoms with E-state index in [0.29, 0.717) is 18.1 Å². The first-order valence-corrected chi connectivity index (χ1v) is 13.6. The van der Waals surface area contributed by atoms with E-state index in [0.717, 1.165) is 0 Å². The van der Waals surface area contributed by atoms with Crippen molar-refractivity contribution in [3.63, 3.8) is 0 Å². The molecule has 36 heavy (non-hydrogen) atoms. The van der Waals surface area contributed by atoms with E-state index in [1.807, 2.05) is 13.8 Å².